The molecule has 0 unspecified atom stereocenters. The van der Waals surface area contributed by atoms with Crippen LogP contribution in [0.2, 0.25) is 0 Å². The van der Waals surface area contributed by atoms with E-state index >= 15 is 0 Å². The van der Waals surface area contributed by atoms with Gasteiger partial charge < -0.3 is 15.0 Å². The van der Waals surface area contributed by atoms with E-state index in [-0.39, 0.29) is 11.1 Å². The van der Waals surface area contributed by atoms with Gasteiger partial charge >= 0.3 is 5.97 Å². The minimum atomic E-state index is -0.413. The van der Waals surface area contributed by atoms with Crippen LogP contribution in [0.4, 0.5) is 5.69 Å². The van der Waals surface area contributed by atoms with Crippen molar-refractivity contribution in [3.05, 3.63) is 82.3 Å². The Morgan fingerprint density at radius 3 is 2.70 bits per heavy atom. The Morgan fingerprint density at radius 2 is 1.93 bits per heavy atom. The molecule has 0 fully saturated rings. The van der Waals surface area contributed by atoms with Gasteiger partial charge in [0.05, 0.1) is 23.7 Å². The molecule has 0 aliphatic rings. The lowest BCUT2D eigenvalue weighted by Gasteiger charge is -2.05. The number of esters is 1. The second kappa shape index (κ2) is 8.04. The number of nitrogens with zero attached hydrogens (tertiary/aromatic N) is 2. The molecule has 0 atom stereocenters. The molecule has 2 aromatic carbocycles. The summed E-state index contributed by atoms with van der Waals surface area (Å²) in [7, 11) is 0. The van der Waals surface area contributed by atoms with Crippen LogP contribution in [-0.2, 0) is 9.53 Å². The topological polar surface area (TPSA) is 106 Å². The molecule has 0 spiro atoms. The first kappa shape index (κ1) is 19.1. The number of H-pyrrole nitrogens is 1. The summed E-state index contributed by atoms with van der Waals surface area (Å²) >= 11 is 0. The van der Waals surface area contributed by atoms with Gasteiger partial charge in [0.25, 0.3) is 11.5 Å². The fourth-order valence-corrected chi connectivity index (χ4v) is 3.07. The lowest BCUT2D eigenvalue weighted by molar-refractivity contribution is -0.137. The average molecular weight is 402 g/mol. The summed E-state index contributed by atoms with van der Waals surface area (Å²) in [5.74, 6) is -0.810. The molecular formula is C22H18N4O4. The minimum Gasteiger partial charge on any atom is -0.463 e. The van der Waals surface area contributed by atoms with Gasteiger partial charge in [-0.3, -0.25) is 9.59 Å². The van der Waals surface area contributed by atoms with Gasteiger partial charge in [-0.2, -0.15) is 5.10 Å². The Labute approximate surface area is 170 Å². The van der Waals surface area contributed by atoms with Crippen LogP contribution in [0.3, 0.4) is 0 Å². The number of nitrogens with one attached hydrogen (secondary N) is 2. The molecule has 2 aromatic heterocycles. The number of ether oxygens (including phenoxy) is 1. The highest BCUT2D eigenvalue weighted by Gasteiger charge is 2.16. The third-order valence-corrected chi connectivity index (χ3v) is 4.49. The van der Waals surface area contributed by atoms with Gasteiger partial charge in [-0.1, -0.05) is 24.3 Å². The smallest absolute Gasteiger partial charge is 0.330 e. The van der Waals surface area contributed by atoms with E-state index in [9.17, 15) is 14.4 Å². The van der Waals surface area contributed by atoms with E-state index in [1.807, 2.05) is 0 Å². The van der Waals surface area contributed by atoms with Crippen molar-refractivity contribution >= 4 is 40.2 Å². The summed E-state index contributed by atoms with van der Waals surface area (Å²) < 4.78 is 6.37. The molecule has 0 saturated carbocycles. The van der Waals surface area contributed by atoms with E-state index in [2.05, 4.69) is 15.4 Å². The summed E-state index contributed by atoms with van der Waals surface area (Å²) in [4.78, 5) is 39.2. The highest BCUT2D eigenvalue weighted by Crippen LogP contribution is 2.17. The number of aromatic amines is 1. The van der Waals surface area contributed by atoms with Crippen molar-refractivity contribution in [3.63, 3.8) is 0 Å². The molecule has 0 bridgehead atoms. The summed E-state index contributed by atoms with van der Waals surface area (Å²) in [5, 5.41) is 7.53. The summed E-state index contributed by atoms with van der Waals surface area (Å²) in [6, 6.07) is 14.0. The number of rotatable bonds is 5. The minimum absolute atomic E-state index is 0.254. The Balaban J connectivity index is 1.56. The molecule has 0 aliphatic heterocycles. The number of fused-ring (bicyclic) bond motifs is 3. The molecule has 8 heteroatoms. The predicted molar refractivity (Wildman–Crippen MR) is 113 cm³/mol. The van der Waals surface area contributed by atoms with Crippen molar-refractivity contribution in [1.29, 1.82) is 0 Å². The first-order valence-corrected chi connectivity index (χ1v) is 9.32. The van der Waals surface area contributed by atoms with Crippen molar-refractivity contribution in [2.45, 2.75) is 6.92 Å². The molecule has 0 radical (unpaired) electrons. The molecule has 30 heavy (non-hydrogen) atoms. The van der Waals surface area contributed by atoms with E-state index in [0.717, 1.165) is 5.56 Å². The maximum Gasteiger partial charge on any atom is 0.330 e. The zero-order valence-corrected chi connectivity index (χ0v) is 16.1. The average Bonchev–Trinajstić information content (AvgIpc) is 3.18. The fourth-order valence-electron chi connectivity index (χ4n) is 3.07. The van der Waals surface area contributed by atoms with E-state index < -0.39 is 11.9 Å². The van der Waals surface area contributed by atoms with E-state index in [1.54, 1.807) is 61.5 Å². The van der Waals surface area contributed by atoms with Crippen molar-refractivity contribution in [2.24, 2.45) is 0 Å². The number of hydrogen-bond acceptors (Lipinski definition) is 5. The van der Waals surface area contributed by atoms with Gasteiger partial charge in [-0.15, -0.1) is 0 Å². The normalized spacial score (nSPS) is 11.2. The van der Waals surface area contributed by atoms with Crippen LogP contribution in [-0.4, -0.2) is 33.1 Å². The van der Waals surface area contributed by atoms with Crippen LogP contribution < -0.4 is 10.9 Å². The van der Waals surface area contributed by atoms with Crippen LogP contribution in [0, 0.1) is 0 Å². The van der Waals surface area contributed by atoms with Gasteiger partial charge in [0, 0.05) is 11.8 Å². The number of anilines is 1. The lowest BCUT2D eigenvalue weighted by atomic mass is 10.2. The number of aromatic nitrogens is 3. The van der Waals surface area contributed by atoms with Crippen molar-refractivity contribution in [2.75, 3.05) is 11.9 Å². The fraction of sp³-hybridized carbons (Fsp3) is 0.0909. The highest BCUT2D eigenvalue weighted by atomic mass is 16.5. The number of para-hydroxylation sites is 1. The Bertz CT molecular complexity index is 1330. The second-order valence-corrected chi connectivity index (χ2v) is 6.45. The second-order valence-electron chi connectivity index (χ2n) is 6.45. The number of benzene rings is 2. The van der Waals surface area contributed by atoms with E-state index in [1.165, 1.54) is 16.8 Å². The highest BCUT2D eigenvalue weighted by molar-refractivity contribution is 6.08. The van der Waals surface area contributed by atoms with Gasteiger partial charge in [0.2, 0.25) is 0 Å². The first-order chi connectivity index (χ1) is 14.6. The van der Waals surface area contributed by atoms with Gasteiger partial charge in [0.15, 0.2) is 0 Å². The van der Waals surface area contributed by atoms with Crippen LogP contribution in [0.25, 0.3) is 22.6 Å². The van der Waals surface area contributed by atoms with Gasteiger partial charge in [-0.05, 0) is 42.8 Å². The Kier molecular flexibility index (Phi) is 5.13. The zero-order chi connectivity index (χ0) is 21.1. The quantitative estimate of drug-likeness (QED) is 0.394. The van der Waals surface area contributed by atoms with Crippen LogP contribution in [0.15, 0.2) is 65.6 Å². The van der Waals surface area contributed by atoms with Crippen LogP contribution >= 0.6 is 0 Å². The molecule has 4 rings (SSSR count). The van der Waals surface area contributed by atoms with Gasteiger partial charge in [-0.25, -0.2) is 9.31 Å². The maximum absolute atomic E-state index is 12.7. The predicted octanol–water partition coefficient (Wildman–Crippen LogP) is 3.00. The number of amides is 1. The standard InChI is InChI=1S/C22H18N4O4/c1-2-30-19(27)12-9-14-7-10-15(11-8-14)24-22(29)17-13-23-26-18-6-4-3-5-16(18)21(28)25-20(17)26/h3-13H,2H2,1H3,(H,24,29)(H,25,28)/b12-9+. The number of hydrogen-bond donors (Lipinski definition) is 2. The van der Waals surface area contributed by atoms with Crippen LogP contribution in [0.5, 0.6) is 0 Å². The zero-order valence-electron chi connectivity index (χ0n) is 16.1. The molecule has 1 amide bonds. The number of carbonyl (C=O) groups is 2. The summed E-state index contributed by atoms with van der Waals surface area (Å²) in [5.41, 5.74) is 2.26. The molecule has 2 heterocycles. The Hall–Kier alpha value is -4.20. The lowest BCUT2D eigenvalue weighted by Crippen LogP contribution is -2.15. The third kappa shape index (κ3) is 3.70. The third-order valence-electron chi connectivity index (χ3n) is 4.49. The molecule has 8 nitrogen and oxygen atoms in total. The Morgan fingerprint density at radius 1 is 1.17 bits per heavy atom. The van der Waals surface area contributed by atoms with Crippen molar-refractivity contribution < 1.29 is 14.3 Å². The summed E-state index contributed by atoms with van der Waals surface area (Å²) in [6.45, 7) is 2.06. The molecule has 2 N–H and O–H groups in total. The van der Waals surface area contributed by atoms with Crippen molar-refractivity contribution in [3.8, 4) is 0 Å². The molecule has 0 saturated heterocycles. The largest absolute Gasteiger partial charge is 0.463 e. The molecule has 0 aliphatic carbocycles. The summed E-state index contributed by atoms with van der Waals surface area (Å²) in [6.07, 6.45) is 4.39. The maximum atomic E-state index is 12.7. The molecule has 150 valence electrons. The van der Waals surface area contributed by atoms with Crippen LogP contribution in [0.1, 0.15) is 22.8 Å². The molecule has 4 aromatic rings. The molecular weight excluding hydrogens is 384 g/mol. The monoisotopic (exact) mass is 402 g/mol. The van der Waals surface area contributed by atoms with E-state index in [4.69, 9.17) is 4.74 Å². The number of carbonyl (C=O) groups excluding carboxylic acids is 2. The van der Waals surface area contributed by atoms with Gasteiger partial charge in [0.1, 0.15) is 11.2 Å². The van der Waals surface area contributed by atoms with E-state index in [0.29, 0.717) is 28.8 Å². The SMILES string of the molecule is CCOC(=O)/C=C/c1ccc(NC(=O)c2cnn3c2[nH]c(=O)c2ccccc23)cc1. The van der Waals surface area contributed by atoms with Crippen molar-refractivity contribution in [1.82, 2.24) is 14.6 Å². The first-order valence-electron chi connectivity index (χ1n) is 9.32.